The summed E-state index contributed by atoms with van der Waals surface area (Å²) >= 11 is 0. The van der Waals surface area contributed by atoms with Gasteiger partial charge in [0.15, 0.2) is 5.78 Å². The topological polar surface area (TPSA) is 160 Å². The summed E-state index contributed by atoms with van der Waals surface area (Å²) in [5, 5.41) is 6.39. The normalized spacial score (nSPS) is 17.3. The number of carbonyl (C=O) groups excluding carboxylic acids is 1. The molecule has 3 aliphatic heterocycles. The van der Waals surface area contributed by atoms with Crippen molar-refractivity contribution in [1.29, 1.82) is 0 Å². The number of H-pyrrole nitrogens is 2. The standard InChI is InChI=1S/C16H17N3O3.C16H19N3O2.C4H8O.B.Li.H/c1-9(2)19-15(21)13-12(20)8-11(10-6-4-3-5-7-10)17-14(13)18-16(19)22;1-10(2)19-15(20)12-8-9-13(11-6-4-3-5-7-11)17-14(12)18-16(19)21;1-2-4-5-3-1;;;/h3-7,9,11,17H,8H2,1-2H3,(H,18,22);3-7,10,13,17H,8-9H2,1-2H3,(H,18,21);1-4H2;;;/q;;;;+1;-1/t11-;13-;;;;/m11..../s1. The number of ether oxygens (including phenoxy) is 1. The second-order valence-corrected chi connectivity index (χ2v) is 12.7. The molecule has 0 amide bonds. The van der Waals surface area contributed by atoms with Gasteiger partial charge >= 0.3 is 30.2 Å². The van der Waals surface area contributed by atoms with Crippen LogP contribution in [0.2, 0.25) is 0 Å². The summed E-state index contributed by atoms with van der Waals surface area (Å²) < 4.78 is 7.30. The average molecular weight is 676 g/mol. The number of hydrogen-bond acceptors (Lipinski definition) is 8. The van der Waals surface area contributed by atoms with Crippen LogP contribution in [0.5, 0.6) is 0 Å². The van der Waals surface area contributed by atoms with Crippen LogP contribution >= 0.6 is 0 Å². The molecule has 12 nitrogen and oxygen atoms in total. The third kappa shape index (κ3) is 9.07. The monoisotopic (exact) mass is 675 g/mol. The Morgan fingerprint density at radius 1 is 0.700 bits per heavy atom. The summed E-state index contributed by atoms with van der Waals surface area (Å²) in [6, 6.07) is 19.0. The molecule has 0 bridgehead atoms. The van der Waals surface area contributed by atoms with Gasteiger partial charge < -0.3 is 16.8 Å². The van der Waals surface area contributed by atoms with E-state index < -0.39 is 11.2 Å². The summed E-state index contributed by atoms with van der Waals surface area (Å²) in [5.74, 6) is 0.539. The van der Waals surface area contributed by atoms with Crippen molar-refractivity contribution in [3.8, 4) is 0 Å². The largest absolute Gasteiger partial charge is 1.00 e. The Labute approximate surface area is 306 Å². The summed E-state index contributed by atoms with van der Waals surface area (Å²) in [7, 11) is 0. The number of nitrogens with one attached hydrogen (secondary N) is 4. The van der Waals surface area contributed by atoms with Gasteiger partial charge in [0.05, 0.1) is 17.6 Å². The van der Waals surface area contributed by atoms with Crippen LogP contribution < -0.4 is 52.0 Å². The quantitative estimate of drug-likeness (QED) is 0.238. The van der Waals surface area contributed by atoms with Gasteiger partial charge in [-0.05, 0) is 64.5 Å². The SMILES string of the molecule is C1CCOC1.CC(C)n1c(=O)[nH]c2c(c1=O)C(=O)C[C@H](c1ccccc1)N2.CC(C)n1c(=O)[nH]c2c(c1=O)CC[C@H](c1ccccc1)N2.[B].[H-].[Li+]. The minimum Gasteiger partial charge on any atom is -1.00 e. The summed E-state index contributed by atoms with van der Waals surface area (Å²) in [5.41, 5.74) is 1.26. The van der Waals surface area contributed by atoms with Crippen molar-refractivity contribution in [2.24, 2.45) is 0 Å². The van der Waals surface area contributed by atoms with E-state index in [0.717, 1.165) is 35.3 Å². The van der Waals surface area contributed by atoms with Crippen LogP contribution in [0.25, 0.3) is 0 Å². The second-order valence-electron chi connectivity index (χ2n) is 12.7. The molecule has 7 rings (SSSR count). The number of nitrogens with zero attached hydrogens (tertiary/aromatic N) is 2. The van der Waals surface area contributed by atoms with E-state index in [1.54, 1.807) is 13.8 Å². The van der Waals surface area contributed by atoms with E-state index in [0.29, 0.717) is 17.8 Å². The van der Waals surface area contributed by atoms with Gasteiger partial charge in [0.2, 0.25) is 0 Å². The molecule has 2 aromatic carbocycles. The maximum Gasteiger partial charge on any atom is 1.00 e. The van der Waals surface area contributed by atoms with E-state index in [9.17, 15) is 24.0 Å². The first-order chi connectivity index (χ1) is 23.1. The van der Waals surface area contributed by atoms with Gasteiger partial charge in [0.25, 0.3) is 11.1 Å². The smallest absolute Gasteiger partial charge is 1.00 e. The zero-order chi connectivity index (χ0) is 34.4. The number of rotatable bonds is 4. The van der Waals surface area contributed by atoms with Crippen molar-refractivity contribution >= 4 is 25.8 Å². The Bertz CT molecular complexity index is 1970. The number of aromatic nitrogens is 4. The zero-order valence-corrected chi connectivity index (χ0v) is 29.5. The van der Waals surface area contributed by atoms with Gasteiger partial charge in [0, 0.05) is 40.1 Å². The summed E-state index contributed by atoms with van der Waals surface area (Å²) in [6.07, 6.45) is 4.26. The number of carbonyl (C=O) groups is 1. The minimum absolute atomic E-state index is 0. The first-order valence-electron chi connectivity index (χ1n) is 16.6. The number of hydrogen-bond donors (Lipinski definition) is 4. The van der Waals surface area contributed by atoms with E-state index in [1.807, 2.05) is 62.4 Å². The number of anilines is 2. The molecule has 14 heteroatoms. The molecule has 2 atom stereocenters. The third-order valence-corrected chi connectivity index (χ3v) is 8.62. The molecule has 1 fully saturated rings. The molecule has 1 saturated heterocycles. The maximum atomic E-state index is 12.4. The fraction of sp³-hybridized carbons (Fsp3) is 0.417. The number of ketones is 1. The van der Waals surface area contributed by atoms with Crippen LogP contribution in [0.1, 0.15) is 106 Å². The summed E-state index contributed by atoms with van der Waals surface area (Å²) in [4.78, 5) is 66.8. The molecule has 50 heavy (non-hydrogen) atoms. The first-order valence-corrected chi connectivity index (χ1v) is 16.6. The Kier molecular flexibility index (Phi) is 14.5. The number of aromatic amines is 2. The molecule has 259 valence electrons. The van der Waals surface area contributed by atoms with E-state index in [4.69, 9.17) is 4.74 Å². The van der Waals surface area contributed by atoms with Crippen molar-refractivity contribution in [2.45, 2.75) is 84.0 Å². The van der Waals surface area contributed by atoms with Gasteiger partial charge in [-0.2, -0.15) is 0 Å². The predicted molar refractivity (Wildman–Crippen MR) is 193 cm³/mol. The minimum atomic E-state index is -0.530. The molecule has 0 saturated carbocycles. The van der Waals surface area contributed by atoms with Crippen molar-refractivity contribution in [2.75, 3.05) is 23.8 Å². The van der Waals surface area contributed by atoms with Gasteiger partial charge in [-0.15, -0.1) is 0 Å². The molecule has 3 aliphatic rings. The fourth-order valence-electron chi connectivity index (χ4n) is 6.18. The molecular weight excluding hydrogens is 630 g/mol. The maximum absolute atomic E-state index is 12.4. The molecular formula is C36H45BLiN6O6. The van der Waals surface area contributed by atoms with Gasteiger partial charge in [0.1, 0.15) is 17.2 Å². The molecule has 2 aromatic heterocycles. The molecule has 4 aromatic rings. The number of fused-ring (bicyclic) bond motifs is 2. The Balaban J connectivity index is 0.000000295. The van der Waals surface area contributed by atoms with Crippen LogP contribution in [0.4, 0.5) is 11.6 Å². The third-order valence-electron chi connectivity index (χ3n) is 8.62. The molecule has 3 radical (unpaired) electrons. The van der Waals surface area contributed by atoms with Crippen molar-refractivity contribution in [3.05, 3.63) is 125 Å². The first kappa shape index (κ1) is 40.1. The van der Waals surface area contributed by atoms with Crippen LogP contribution in [0.3, 0.4) is 0 Å². The van der Waals surface area contributed by atoms with E-state index >= 15 is 0 Å². The average Bonchev–Trinajstić information content (AvgIpc) is 3.66. The molecule has 4 N–H and O–H groups in total. The van der Waals surface area contributed by atoms with E-state index in [2.05, 4.69) is 32.7 Å². The number of benzene rings is 2. The Morgan fingerprint density at radius 3 is 1.68 bits per heavy atom. The van der Waals surface area contributed by atoms with Crippen LogP contribution in [-0.2, 0) is 11.2 Å². The van der Waals surface area contributed by atoms with Crippen molar-refractivity contribution < 1.29 is 29.8 Å². The van der Waals surface area contributed by atoms with E-state index in [-0.39, 0.29) is 87.7 Å². The van der Waals surface area contributed by atoms with Crippen molar-refractivity contribution in [3.63, 3.8) is 0 Å². The number of Topliss-reactive ketones (excluding diaryl/α,β-unsaturated/α-hetero) is 1. The molecule has 0 spiro atoms. The zero-order valence-electron chi connectivity index (χ0n) is 30.5. The predicted octanol–water partition coefficient (Wildman–Crippen LogP) is 1.61. The molecule has 5 heterocycles. The molecule has 0 unspecified atom stereocenters. The van der Waals surface area contributed by atoms with Gasteiger partial charge in [-0.3, -0.25) is 33.5 Å². The van der Waals surface area contributed by atoms with Crippen LogP contribution in [0, 0.1) is 0 Å². The van der Waals surface area contributed by atoms with Gasteiger partial charge in [-0.1, -0.05) is 60.7 Å². The Morgan fingerprint density at radius 2 is 1.18 bits per heavy atom. The van der Waals surface area contributed by atoms with Gasteiger partial charge in [-0.25, -0.2) is 9.59 Å². The Hall–Kier alpha value is -4.31. The summed E-state index contributed by atoms with van der Waals surface area (Å²) in [6.45, 7) is 9.14. The molecule has 0 aliphatic carbocycles. The van der Waals surface area contributed by atoms with Crippen LogP contribution in [-0.4, -0.2) is 46.5 Å². The fourth-order valence-corrected chi connectivity index (χ4v) is 6.18. The van der Waals surface area contributed by atoms with Crippen molar-refractivity contribution in [1.82, 2.24) is 19.1 Å². The van der Waals surface area contributed by atoms with E-state index in [1.165, 1.54) is 17.4 Å². The second kappa shape index (κ2) is 18.1. The van der Waals surface area contributed by atoms with Crippen LogP contribution in [0.15, 0.2) is 79.8 Å².